The van der Waals surface area contributed by atoms with Crippen LogP contribution in [0.2, 0.25) is 0 Å². The van der Waals surface area contributed by atoms with Gasteiger partial charge >= 0.3 is 12.1 Å². The summed E-state index contributed by atoms with van der Waals surface area (Å²) in [5.74, 6) is 1.65. The van der Waals surface area contributed by atoms with E-state index in [1.165, 1.54) is 0 Å². The van der Waals surface area contributed by atoms with Crippen LogP contribution in [-0.4, -0.2) is 28.4 Å². The number of hydrogen-bond acceptors (Lipinski definition) is 5. The van der Waals surface area contributed by atoms with Gasteiger partial charge in [-0.05, 0) is 24.3 Å². The van der Waals surface area contributed by atoms with Crippen LogP contribution in [0.3, 0.4) is 0 Å². The van der Waals surface area contributed by atoms with Crippen LogP contribution >= 0.6 is 11.8 Å². The van der Waals surface area contributed by atoms with Gasteiger partial charge < -0.3 is 4.74 Å². The lowest BCUT2D eigenvalue weighted by atomic mass is 10.2. The van der Waals surface area contributed by atoms with Gasteiger partial charge in [-0.25, -0.2) is 9.78 Å². The third kappa shape index (κ3) is 4.03. The van der Waals surface area contributed by atoms with Crippen LogP contribution in [0, 0.1) is 12.3 Å². The highest BCUT2D eigenvalue weighted by atomic mass is 32.2. The molecule has 0 spiro atoms. The number of esters is 1. The normalized spacial score (nSPS) is 11.0. The zero-order valence-electron chi connectivity index (χ0n) is 12.8. The van der Waals surface area contributed by atoms with E-state index in [4.69, 9.17) is 6.42 Å². The minimum Gasteiger partial charge on any atom is -0.465 e. The first kappa shape index (κ1) is 18.6. The number of ether oxygens (including phenoxy) is 1. The molecule has 0 atom stereocenters. The second-order valence-corrected chi connectivity index (χ2v) is 5.57. The Labute approximate surface area is 144 Å². The summed E-state index contributed by atoms with van der Waals surface area (Å²) < 4.78 is 43.6. The molecule has 0 unspecified atom stereocenters. The van der Waals surface area contributed by atoms with E-state index < -0.39 is 23.3 Å². The molecule has 0 fully saturated rings. The lowest BCUT2D eigenvalue weighted by Crippen LogP contribution is -2.28. The summed E-state index contributed by atoms with van der Waals surface area (Å²) in [6.45, 7) is 0. The molecule has 0 aliphatic heterocycles. The number of thioether (sulfide) groups is 1. The Morgan fingerprint density at radius 2 is 2.00 bits per heavy atom. The number of methoxy groups -OCH3 is 1. The van der Waals surface area contributed by atoms with E-state index >= 15 is 0 Å². The summed E-state index contributed by atoms with van der Waals surface area (Å²) >= 11 is 1.04. The second-order valence-electron chi connectivity index (χ2n) is 4.62. The second kappa shape index (κ2) is 7.44. The van der Waals surface area contributed by atoms with Crippen molar-refractivity contribution in [3.8, 4) is 18.0 Å². The van der Waals surface area contributed by atoms with E-state index in [9.17, 15) is 22.8 Å². The van der Waals surface area contributed by atoms with Gasteiger partial charge in [0.1, 0.15) is 5.56 Å². The number of rotatable bonds is 4. The maximum atomic E-state index is 12.7. The van der Waals surface area contributed by atoms with Crippen molar-refractivity contribution in [2.45, 2.75) is 11.3 Å². The smallest absolute Gasteiger partial charge is 0.416 e. The molecule has 0 aliphatic carbocycles. The molecule has 0 aliphatic rings. The Bertz CT molecular complexity index is 883. The van der Waals surface area contributed by atoms with E-state index in [1.807, 2.05) is 0 Å². The van der Waals surface area contributed by atoms with Gasteiger partial charge in [-0.2, -0.15) is 13.2 Å². The van der Waals surface area contributed by atoms with Crippen molar-refractivity contribution in [2.24, 2.45) is 0 Å². The topological polar surface area (TPSA) is 61.2 Å². The van der Waals surface area contributed by atoms with Crippen LogP contribution < -0.4 is 5.56 Å². The molecule has 0 saturated heterocycles. The van der Waals surface area contributed by atoms with Crippen LogP contribution in [-0.2, 0) is 10.9 Å². The Kier molecular flexibility index (Phi) is 5.54. The Morgan fingerprint density at radius 3 is 2.52 bits per heavy atom. The van der Waals surface area contributed by atoms with Crippen molar-refractivity contribution in [3.63, 3.8) is 0 Å². The molecule has 2 aromatic rings. The average molecular weight is 368 g/mol. The standard InChI is InChI=1S/C16H11F3N2O3S/c1-3-8-25-15-20-9-12(14(23)24-2)13(22)21(15)11-6-4-10(5-7-11)16(17,18)19/h1,4-7,9H,8H2,2H3. The molecular formula is C16H11F3N2O3S. The van der Waals surface area contributed by atoms with Crippen LogP contribution in [0.4, 0.5) is 13.2 Å². The summed E-state index contributed by atoms with van der Waals surface area (Å²) in [6, 6.07) is 3.91. The summed E-state index contributed by atoms with van der Waals surface area (Å²) in [6.07, 6.45) is 1.73. The van der Waals surface area contributed by atoms with E-state index in [0.29, 0.717) is 0 Å². The van der Waals surface area contributed by atoms with Crippen molar-refractivity contribution < 1.29 is 22.7 Å². The highest BCUT2D eigenvalue weighted by molar-refractivity contribution is 7.99. The third-order valence-corrected chi connectivity index (χ3v) is 3.93. The fraction of sp³-hybridized carbons (Fsp3) is 0.188. The van der Waals surface area contributed by atoms with Gasteiger partial charge in [0.2, 0.25) is 0 Å². The molecule has 1 aromatic carbocycles. The van der Waals surface area contributed by atoms with E-state index in [2.05, 4.69) is 15.6 Å². The Morgan fingerprint density at radius 1 is 1.36 bits per heavy atom. The first-order chi connectivity index (χ1) is 11.8. The highest BCUT2D eigenvalue weighted by Gasteiger charge is 2.30. The quantitative estimate of drug-likeness (QED) is 0.359. The minimum absolute atomic E-state index is 0.121. The molecule has 25 heavy (non-hydrogen) atoms. The van der Waals surface area contributed by atoms with Crippen molar-refractivity contribution in [1.29, 1.82) is 0 Å². The first-order valence-corrected chi connectivity index (χ1v) is 7.72. The number of carbonyl (C=O) groups is 1. The van der Waals surface area contributed by atoms with Gasteiger partial charge in [0, 0.05) is 0 Å². The SMILES string of the molecule is C#CCSc1ncc(C(=O)OC)c(=O)n1-c1ccc(C(F)(F)F)cc1. The molecule has 1 heterocycles. The zero-order chi connectivity index (χ0) is 18.6. The zero-order valence-corrected chi connectivity index (χ0v) is 13.6. The average Bonchev–Trinajstić information content (AvgIpc) is 2.58. The lowest BCUT2D eigenvalue weighted by molar-refractivity contribution is -0.137. The molecule has 0 N–H and O–H groups in total. The van der Waals surface area contributed by atoms with Crippen molar-refractivity contribution in [3.05, 3.63) is 51.9 Å². The number of carbonyl (C=O) groups excluding carboxylic acids is 1. The minimum atomic E-state index is -4.50. The van der Waals surface area contributed by atoms with Crippen molar-refractivity contribution in [1.82, 2.24) is 9.55 Å². The predicted octanol–water partition coefficient (Wildman–Crippen LogP) is 2.76. The fourth-order valence-corrected chi connectivity index (χ4v) is 2.58. The highest BCUT2D eigenvalue weighted by Crippen LogP contribution is 2.30. The Balaban J connectivity index is 2.62. The molecule has 9 heteroatoms. The summed E-state index contributed by atoms with van der Waals surface area (Å²) in [4.78, 5) is 28.2. The van der Waals surface area contributed by atoms with Crippen LogP contribution in [0.1, 0.15) is 15.9 Å². The molecular weight excluding hydrogens is 357 g/mol. The molecule has 2 rings (SSSR count). The number of aromatic nitrogens is 2. The van der Waals surface area contributed by atoms with Gasteiger partial charge in [-0.1, -0.05) is 17.7 Å². The van der Waals surface area contributed by atoms with Gasteiger partial charge in [-0.15, -0.1) is 6.42 Å². The van der Waals surface area contributed by atoms with Crippen molar-refractivity contribution >= 4 is 17.7 Å². The molecule has 1 aromatic heterocycles. The number of terminal acetylenes is 1. The largest absolute Gasteiger partial charge is 0.465 e. The van der Waals surface area contributed by atoms with E-state index in [-0.39, 0.29) is 22.2 Å². The number of nitrogens with zero attached hydrogens (tertiary/aromatic N) is 2. The molecule has 0 radical (unpaired) electrons. The number of hydrogen-bond donors (Lipinski definition) is 0. The van der Waals surface area contributed by atoms with Gasteiger partial charge in [0.15, 0.2) is 5.16 Å². The van der Waals surface area contributed by atoms with Crippen LogP contribution in [0.15, 0.2) is 40.4 Å². The van der Waals surface area contributed by atoms with Gasteiger partial charge in [0.25, 0.3) is 5.56 Å². The summed E-state index contributed by atoms with van der Waals surface area (Å²) in [5, 5.41) is 0.148. The summed E-state index contributed by atoms with van der Waals surface area (Å²) in [7, 11) is 1.10. The molecule has 130 valence electrons. The fourth-order valence-electron chi connectivity index (χ4n) is 1.93. The number of halogens is 3. The third-order valence-electron chi connectivity index (χ3n) is 3.07. The van der Waals surface area contributed by atoms with Crippen LogP contribution in [0.25, 0.3) is 5.69 Å². The van der Waals surface area contributed by atoms with Gasteiger partial charge in [-0.3, -0.25) is 9.36 Å². The van der Waals surface area contributed by atoms with Crippen LogP contribution in [0.5, 0.6) is 0 Å². The molecule has 0 amide bonds. The van der Waals surface area contributed by atoms with E-state index in [1.54, 1.807) is 0 Å². The summed E-state index contributed by atoms with van der Waals surface area (Å²) in [5.41, 5.74) is -1.84. The first-order valence-electron chi connectivity index (χ1n) is 6.74. The number of alkyl halides is 3. The lowest BCUT2D eigenvalue weighted by Gasteiger charge is -2.13. The van der Waals surface area contributed by atoms with E-state index in [0.717, 1.165) is 53.9 Å². The maximum absolute atomic E-state index is 12.7. The predicted molar refractivity (Wildman–Crippen MR) is 85.7 cm³/mol. The van der Waals surface area contributed by atoms with Gasteiger partial charge in [0.05, 0.1) is 30.3 Å². The maximum Gasteiger partial charge on any atom is 0.416 e. The van der Waals surface area contributed by atoms with Crippen molar-refractivity contribution in [2.75, 3.05) is 12.9 Å². The monoisotopic (exact) mass is 368 g/mol. The number of benzene rings is 1. The Hall–Kier alpha value is -2.73. The molecule has 5 nitrogen and oxygen atoms in total. The molecule has 0 saturated carbocycles. The molecule has 0 bridgehead atoms.